The minimum Gasteiger partial charge on any atom is -0.485 e. The molecule has 1 heterocycles. The van der Waals surface area contributed by atoms with Crippen LogP contribution in [-0.2, 0) is 6.42 Å². The van der Waals surface area contributed by atoms with Gasteiger partial charge in [0.2, 0.25) is 0 Å². The van der Waals surface area contributed by atoms with Gasteiger partial charge in [0, 0.05) is 17.5 Å². The standard InChI is InChI=1S/C19H21NO3/c1-19(2)18(22)17(20)14-11-13(8-9-16(14)23-19)15(21)10-12-6-4-3-5-7-12/h3-9,11,17-18,22H,10,20H2,1-2H3/t17-,18+/m1/s1. The van der Waals surface area contributed by atoms with Crippen LogP contribution < -0.4 is 10.5 Å². The number of carbonyl (C=O) groups excluding carboxylic acids is 1. The summed E-state index contributed by atoms with van der Waals surface area (Å²) in [6.07, 6.45) is -0.487. The van der Waals surface area contributed by atoms with Crippen molar-refractivity contribution in [1.82, 2.24) is 0 Å². The number of hydrogen-bond donors (Lipinski definition) is 2. The first-order valence-corrected chi connectivity index (χ1v) is 7.72. The third-order valence-corrected chi connectivity index (χ3v) is 4.32. The molecular weight excluding hydrogens is 290 g/mol. The van der Waals surface area contributed by atoms with Crippen molar-refractivity contribution in [1.29, 1.82) is 0 Å². The van der Waals surface area contributed by atoms with Crippen LogP contribution in [0.3, 0.4) is 0 Å². The highest BCUT2D eigenvalue weighted by Gasteiger charge is 2.41. The maximum absolute atomic E-state index is 12.5. The highest BCUT2D eigenvalue weighted by atomic mass is 16.5. The van der Waals surface area contributed by atoms with E-state index in [1.165, 1.54) is 0 Å². The summed E-state index contributed by atoms with van der Waals surface area (Å²) in [7, 11) is 0. The molecule has 3 rings (SSSR count). The molecule has 1 aliphatic rings. The molecule has 0 spiro atoms. The van der Waals surface area contributed by atoms with Crippen molar-refractivity contribution in [3.05, 3.63) is 65.2 Å². The van der Waals surface area contributed by atoms with Crippen molar-refractivity contribution in [3.63, 3.8) is 0 Å². The summed E-state index contributed by atoms with van der Waals surface area (Å²) in [6.45, 7) is 3.60. The fourth-order valence-electron chi connectivity index (χ4n) is 2.90. The molecule has 0 aliphatic carbocycles. The Kier molecular flexibility index (Phi) is 3.96. The van der Waals surface area contributed by atoms with Crippen molar-refractivity contribution < 1.29 is 14.6 Å². The molecule has 23 heavy (non-hydrogen) atoms. The van der Waals surface area contributed by atoms with Gasteiger partial charge in [-0.05, 0) is 37.6 Å². The predicted molar refractivity (Wildman–Crippen MR) is 88.6 cm³/mol. The summed E-state index contributed by atoms with van der Waals surface area (Å²) in [6, 6.07) is 14.3. The minimum atomic E-state index is -0.825. The zero-order chi connectivity index (χ0) is 16.6. The Bertz CT molecular complexity index is 725. The third-order valence-electron chi connectivity index (χ3n) is 4.32. The number of Topliss-reactive ketones (excluding diaryl/α,β-unsaturated/α-hetero) is 1. The molecule has 2 aromatic carbocycles. The summed E-state index contributed by atoms with van der Waals surface area (Å²) in [5, 5.41) is 10.3. The molecule has 0 amide bonds. The Balaban J connectivity index is 1.88. The van der Waals surface area contributed by atoms with E-state index in [2.05, 4.69) is 0 Å². The summed E-state index contributed by atoms with van der Waals surface area (Å²) >= 11 is 0. The Hall–Kier alpha value is -2.17. The minimum absolute atomic E-state index is 0.0190. The van der Waals surface area contributed by atoms with E-state index in [-0.39, 0.29) is 5.78 Å². The number of nitrogens with two attached hydrogens (primary N) is 1. The van der Waals surface area contributed by atoms with Crippen LogP contribution in [0.1, 0.15) is 41.4 Å². The molecule has 0 radical (unpaired) electrons. The second-order valence-corrected chi connectivity index (χ2v) is 6.51. The topological polar surface area (TPSA) is 72.5 Å². The lowest BCUT2D eigenvalue weighted by molar-refractivity contribution is -0.0571. The molecule has 0 bridgehead atoms. The molecule has 0 aromatic heterocycles. The molecule has 2 atom stereocenters. The van der Waals surface area contributed by atoms with Crippen LogP contribution >= 0.6 is 0 Å². The summed E-state index contributed by atoms with van der Waals surface area (Å²) in [5.74, 6) is 0.648. The summed E-state index contributed by atoms with van der Waals surface area (Å²) in [4.78, 5) is 12.5. The van der Waals surface area contributed by atoms with E-state index in [4.69, 9.17) is 10.5 Å². The van der Waals surface area contributed by atoms with Crippen LogP contribution in [0.5, 0.6) is 5.75 Å². The predicted octanol–water partition coefficient (Wildman–Crippen LogP) is 2.64. The molecular formula is C19H21NO3. The van der Waals surface area contributed by atoms with Gasteiger partial charge in [0.1, 0.15) is 17.5 Å². The molecule has 0 saturated carbocycles. The number of ketones is 1. The quantitative estimate of drug-likeness (QED) is 0.855. The first-order valence-electron chi connectivity index (χ1n) is 7.72. The maximum atomic E-state index is 12.5. The van der Waals surface area contributed by atoms with Gasteiger partial charge in [-0.2, -0.15) is 0 Å². The monoisotopic (exact) mass is 311 g/mol. The zero-order valence-corrected chi connectivity index (χ0v) is 13.3. The van der Waals surface area contributed by atoms with E-state index in [0.29, 0.717) is 23.3 Å². The number of hydrogen-bond acceptors (Lipinski definition) is 4. The molecule has 0 unspecified atom stereocenters. The van der Waals surface area contributed by atoms with Crippen LogP contribution in [0.25, 0.3) is 0 Å². The van der Waals surface area contributed by atoms with E-state index in [1.807, 2.05) is 30.3 Å². The van der Waals surface area contributed by atoms with Crippen LogP contribution in [-0.4, -0.2) is 22.6 Å². The second kappa shape index (κ2) is 5.80. The van der Waals surface area contributed by atoms with E-state index < -0.39 is 17.7 Å². The first kappa shape index (κ1) is 15.7. The second-order valence-electron chi connectivity index (χ2n) is 6.51. The highest BCUT2D eigenvalue weighted by Crippen LogP contribution is 2.39. The van der Waals surface area contributed by atoms with E-state index >= 15 is 0 Å². The highest BCUT2D eigenvalue weighted by molar-refractivity contribution is 5.97. The van der Waals surface area contributed by atoms with Crippen LogP contribution in [0.4, 0.5) is 0 Å². The SMILES string of the molecule is CC1(C)Oc2ccc(C(=O)Cc3ccccc3)cc2[C@@H](N)[C@@H]1O. The normalized spacial score (nSPS) is 22.1. The molecule has 0 fully saturated rings. The van der Waals surface area contributed by atoms with Crippen LogP contribution in [0, 0.1) is 0 Å². The van der Waals surface area contributed by atoms with Crippen LogP contribution in [0.2, 0.25) is 0 Å². The van der Waals surface area contributed by atoms with E-state index in [0.717, 1.165) is 5.56 Å². The molecule has 4 heteroatoms. The lowest BCUT2D eigenvalue weighted by Gasteiger charge is -2.40. The van der Waals surface area contributed by atoms with Crippen molar-refractivity contribution in [2.75, 3.05) is 0 Å². The van der Waals surface area contributed by atoms with Crippen molar-refractivity contribution in [2.45, 2.75) is 38.0 Å². The molecule has 120 valence electrons. The molecule has 4 nitrogen and oxygen atoms in total. The summed E-state index contributed by atoms with van der Waals surface area (Å²) in [5.41, 5.74) is 7.63. The number of benzene rings is 2. The average Bonchev–Trinajstić information content (AvgIpc) is 2.53. The fourth-order valence-corrected chi connectivity index (χ4v) is 2.90. The number of aliphatic hydroxyl groups excluding tert-OH is 1. The van der Waals surface area contributed by atoms with Crippen molar-refractivity contribution >= 4 is 5.78 Å². The third kappa shape index (κ3) is 3.00. The van der Waals surface area contributed by atoms with Gasteiger partial charge in [0.15, 0.2) is 5.78 Å². The zero-order valence-electron chi connectivity index (χ0n) is 13.3. The van der Waals surface area contributed by atoms with Crippen molar-refractivity contribution in [2.24, 2.45) is 5.73 Å². The number of fused-ring (bicyclic) bond motifs is 1. The van der Waals surface area contributed by atoms with Gasteiger partial charge < -0.3 is 15.6 Å². The van der Waals surface area contributed by atoms with Gasteiger partial charge in [0.25, 0.3) is 0 Å². The van der Waals surface area contributed by atoms with Crippen molar-refractivity contribution in [3.8, 4) is 5.75 Å². The van der Waals surface area contributed by atoms with Gasteiger partial charge >= 0.3 is 0 Å². The first-order chi connectivity index (χ1) is 10.9. The van der Waals surface area contributed by atoms with Crippen LogP contribution in [0.15, 0.2) is 48.5 Å². The van der Waals surface area contributed by atoms with Gasteiger partial charge in [-0.25, -0.2) is 0 Å². The maximum Gasteiger partial charge on any atom is 0.167 e. The Morgan fingerprint density at radius 2 is 1.91 bits per heavy atom. The molecule has 0 saturated heterocycles. The lowest BCUT2D eigenvalue weighted by Crippen LogP contribution is -2.51. The Morgan fingerprint density at radius 1 is 1.22 bits per heavy atom. The Morgan fingerprint density at radius 3 is 2.61 bits per heavy atom. The van der Waals surface area contributed by atoms with Gasteiger partial charge in [-0.3, -0.25) is 4.79 Å². The van der Waals surface area contributed by atoms with E-state index in [9.17, 15) is 9.90 Å². The smallest absolute Gasteiger partial charge is 0.167 e. The van der Waals surface area contributed by atoms with Gasteiger partial charge in [-0.15, -0.1) is 0 Å². The molecule has 3 N–H and O–H groups in total. The van der Waals surface area contributed by atoms with Gasteiger partial charge in [0.05, 0.1) is 6.04 Å². The summed E-state index contributed by atoms with van der Waals surface area (Å²) < 4.78 is 5.81. The average molecular weight is 311 g/mol. The molecule has 2 aromatic rings. The number of aliphatic hydroxyl groups is 1. The Labute approximate surface area is 135 Å². The largest absolute Gasteiger partial charge is 0.485 e. The van der Waals surface area contributed by atoms with Gasteiger partial charge in [-0.1, -0.05) is 30.3 Å². The molecule has 1 aliphatic heterocycles. The lowest BCUT2D eigenvalue weighted by atomic mass is 9.86. The van der Waals surface area contributed by atoms with E-state index in [1.54, 1.807) is 32.0 Å². The number of rotatable bonds is 3. The fraction of sp³-hybridized carbons (Fsp3) is 0.316. The number of carbonyl (C=O) groups is 1. The number of ether oxygens (including phenoxy) is 1.